The second-order valence-corrected chi connectivity index (χ2v) is 5.25. The highest BCUT2D eigenvalue weighted by Crippen LogP contribution is 2.19. The Kier molecular flexibility index (Phi) is 3.51. The van der Waals surface area contributed by atoms with Gasteiger partial charge in [-0.15, -0.1) is 11.3 Å². The van der Waals surface area contributed by atoms with Gasteiger partial charge in [0.15, 0.2) is 5.78 Å². The summed E-state index contributed by atoms with van der Waals surface area (Å²) in [4.78, 5) is 12.2. The summed E-state index contributed by atoms with van der Waals surface area (Å²) in [6.45, 7) is 2.02. The summed E-state index contributed by atoms with van der Waals surface area (Å²) in [6.07, 6.45) is 1.61. The Balaban J connectivity index is 2.69. The minimum absolute atomic E-state index is 0.278. The molecule has 0 amide bonds. The van der Waals surface area contributed by atoms with Gasteiger partial charge >= 0.3 is 0 Å². The van der Waals surface area contributed by atoms with Gasteiger partial charge < -0.3 is 0 Å². The number of hydrogen-bond donors (Lipinski definition) is 0. The van der Waals surface area contributed by atoms with Crippen molar-refractivity contribution in [1.82, 2.24) is 0 Å². The van der Waals surface area contributed by atoms with Crippen LogP contribution in [0, 0.1) is 2.88 Å². The molecule has 0 bridgehead atoms. The number of ketones is 1. The first kappa shape index (κ1) is 9.19. The summed E-state index contributed by atoms with van der Waals surface area (Å²) in [5, 5.41) is 0. The Morgan fingerprint density at radius 3 is 2.82 bits per heavy atom. The van der Waals surface area contributed by atoms with Crippen molar-refractivity contribution in [2.75, 3.05) is 0 Å². The number of thiophene rings is 1. The highest BCUT2D eigenvalue weighted by Gasteiger charge is 2.05. The average Bonchev–Trinajstić information content (AvgIpc) is 2.36. The molecule has 1 aromatic heterocycles. The number of carbonyl (C=O) groups is 1. The monoisotopic (exact) mass is 280 g/mol. The van der Waals surface area contributed by atoms with E-state index in [1.165, 1.54) is 2.88 Å². The van der Waals surface area contributed by atoms with Gasteiger partial charge in [-0.3, -0.25) is 4.79 Å². The van der Waals surface area contributed by atoms with Gasteiger partial charge in [0.25, 0.3) is 0 Å². The molecular weight excluding hydrogens is 271 g/mol. The van der Waals surface area contributed by atoms with E-state index in [9.17, 15) is 4.79 Å². The summed E-state index contributed by atoms with van der Waals surface area (Å²) >= 11 is 3.80. The first-order valence-electron chi connectivity index (χ1n) is 3.52. The van der Waals surface area contributed by atoms with Crippen LogP contribution in [0.5, 0.6) is 0 Å². The lowest BCUT2D eigenvalue weighted by atomic mass is 10.2. The third-order valence-electron chi connectivity index (χ3n) is 1.33. The van der Waals surface area contributed by atoms with Crippen molar-refractivity contribution in [2.24, 2.45) is 0 Å². The standard InChI is InChI=1S/C8H9IOS/c1-2-3-6(10)7-4-5-8(9)11-7/h4-5H,2-3H2,1H3. The van der Waals surface area contributed by atoms with Gasteiger partial charge in [0.1, 0.15) is 0 Å². The minimum atomic E-state index is 0.278. The number of carbonyl (C=O) groups excluding carboxylic acids is 1. The smallest absolute Gasteiger partial charge is 0.172 e. The number of Topliss-reactive ketones (excluding diaryl/α,β-unsaturated/α-hetero) is 1. The molecule has 1 heterocycles. The van der Waals surface area contributed by atoms with Crippen LogP contribution in [0.15, 0.2) is 12.1 Å². The fourth-order valence-electron chi connectivity index (χ4n) is 0.814. The van der Waals surface area contributed by atoms with Crippen molar-refractivity contribution >= 4 is 39.7 Å². The van der Waals surface area contributed by atoms with Crippen LogP contribution in [0.4, 0.5) is 0 Å². The van der Waals surface area contributed by atoms with E-state index in [0.29, 0.717) is 6.42 Å². The quantitative estimate of drug-likeness (QED) is 0.613. The van der Waals surface area contributed by atoms with E-state index >= 15 is 0 Å². The highest BCUT2D eigenvalue weighted by molar-refractivity contribution is 14.1. The maximum Gasteiger partial charge on any atom is 0.172 e. The molecule has 0 N–H and O–H groups in total. The molecule has 1 aromatic rings. The van der Waals surface area contributed by atoms with Gasteiger partial charge in [0, 0.05) is 6.42 Å². The number of rotatable bonds is 3. The molecule has 0 spiro atoms. The molecule has 0 unspecified atom stereocenters. The molecule has 0 saturated carbocycles. The van der Waals surface area contributed by atoms with Gasteiger partial charge in [-0.05, 0) is 41.1 Å². The predicted molar refractivity (Wildman–Crippen MR) is 56.3 cm³/mol. The largest absolute Gasteiger partial charge is 0.293 e. The van der Waals surface area contributed by atoms with Crippen LogP contribution in [0.3, 0.4) is 0 Å². The molecule has 0 aliphatic rings. The van der Waals surface area contributed by atoms with Gasteiger partial charge in [-0.2, -0.15) is 0 Å². The highest BCUT2D eigenvalue weighted by atomic mass is 127. The van der Waals surface area contributed by atoms with Crippen molar-refractivity contribution < 1.29 is 4.79 Å². The molecule has 11 heavy (non-hydrogen) atoms. The fraction of sp³-hybridized carbons (Fsp3) is 0.375. The van der Waals surface area contributed by atoms with E-state index in [2.05, 4.69) is 22.6 Å². The Labute approximate surface area is 84.0 Å². The van der Waals surface area contributed by atoms with E-state index in [1.54, 1.807) is 11.3 Å². The second-order valence-electron chi connectivity index (χ2n) is 2.28. The molecule has 0 aliphatic heterocycles. The van der Waals surface area contributed by atoms with Crippen molar-refractivity contribution in [3.8, 4) is 0 Å². The Hall–Kier alpha value is 0.1000. The molecule has 0 atom stereocenters. The molecule has 1 nitrogen and oxygen atoms in total. The summed E-state index contributed by atoms with van der Waals surface area (Å²) < 4.78 is 1.18. The Bertz CT molecular complexity index is 254. The summed E-state index contributed by atoms with van der Waals surface area (Å²) in [5.41, 5.74) is 0. The maximum atomic E-state index is 11.3. The molecule has 1 rings (SSSR count). The average molecular weight is 280 g/mol. The van der Waals surface area contributed by atoms with Crippen LogP contribution in [-0.2, 0) is 0 Å². The molecule has 0 aromatic carbocycles. The van der Waals surface area contributed by atoms with E-state index in [0.717, 1.165) is 11.3 Å². The lowest BCUT2D eigenvalue weighted by Gasteiger charge is -1.90. The van der Waals surface area contributed by atoms with Gasteiger partial charge in [-0.1, -0.05) is 6.92 Å². The van der Waals surface area contributed by atoms with E-state index in [-0.39, 0.29) is 5.78 Å². The fourth-order valence-corrected chi connectivity index (χ4v) is 2.40. The van der Waals surface area contributed by atoms with Gasteiger partial charge in [0.2, 0.25) is 0 Å². The zero-order chi connectivity index (χ0) is 8.27. The lowest BCUT2D eigenvalue weighted by Crippen LogP contribution is -1.93. The third kappa shape index (κ3) is 2.56. The predicted octanol–water partition coefficient (Wildman–Crippen LogP) is 3.34. The van der Waals surface area contributed by atoms with Crippen molar-refractivity contribution in [2.45, 2.75) is 19.8 Å². The minimum Gasteiger partial charge on any atom is -0.293 e. The van der Waals surface area contributed by atoms with Crippen LogP contribution >= 0.6 is 33.9 Å². The molecule has 0 radical (unpaired) electrons. The first-order chi connectivity index (χ1) is 5.24. The molecule has 3 heteroatoms. The van der Waals surface area contributed by atoms with Crippen LogP contribution in [0.25, 0.3) is 0 Å². The first-order valence-corrected chi connectivity index (χ1v) is 5.42. The van der Waals surface area contributed by atoms with Crippen LogP contribution in [0.2, 0.25) is 0 Å². The number of hydrogen-bond acceptors (Lipinski definition) is 2. The van der Waals surface area contributed by atoms with E-state index in [1.807, 2.05) is 19.1 Å². The van der Waals surface area contributed by atoms with E-state index < -0.39 is 0 Å². The topological polar surface area (TPSA) is 17.1 Å². The molecule has 0 saturated heterocycles. The van der Waals surface area contributed by atoms with Crippen LogP contribution in [-0.4, -0.2) is 5.78 Å². The summed E-state index contributed by atoms with van der Waals surface area (Å²) in [5.74, 6) is 0.278. The summed E-state index contributed by atoms with van der Waals surface area (Å²) in [7, 11) is 0. The van der Waals surface area contributed by atoms with Gasteiger partial charge in [-0.25, -0.2) is 0 Å². The normalized spacial score (nSPS) is 10.0. The SMILES string of the molecule is CCCC(=O)c1ccc(I)s1. The zero-order valence-corrected chi connectivity index (χ0v) is 9.24. The molecule has 0 aliphatic carbocycles. The maximum absolute atomic E-state index is 11.3. The van der Waals surface area contributed by atoms with Crippen molar-refractivity contribution in [3.63, 3.8) is 0 Å². The molecule has 60 valence electrons. The van der Waals surface area contributed by atoms with Crippen LogP contribution in [0.1, 0.15) is 29.4 Å². The summed E-state index contributed by atoms with van der Waals surface area (Å²) in [6, 6.07) is 3.89. The van der Waals surface area contributed by atoms with E-state index in [4.69, 9.17) is 0 Å². The van der Waals surface area contributed by atoms with Crippen LogP contribution < -0.4 is 0 Å². The van der Waals surface area contributed by atoms with Gasteiger partial charge in [0.05, 0.1) is 7.76 Å². The molecule has 0 fully saturated rings. The number of halogens is 1. The second kappa shape index (κ2) is 4.21. The third-order valence-corrected chi connectivity index (χ3v) is 3.26. The van der Waals surface area contributed by atoms with Crippen molar-refractivity contribution in [3.05, 3.63) is 19.9 Å². The lowest BCUT2D eigenvalue weighted by molar-refractivity contribution is 0.0985. The Morgan fingerprint density at radius 1 is 1.64 bits per heavy atom. The zero-order valence-electron chi connectivity index (χ0n) is 6.26. The van der Waals surface area contributed by atoms with Crippen molar-refractivity contribution in [1.29, 1.82) is 0 Å². The Morgan fingerprint density at radius 2 is 2.36 bits per heavy atom. The molecular formula is C8H9IOS.